The van der Waals surface area contributed by atoms with E-state index in [1.54, 1.807) is 4.90 Å². The molecule has 4 N–H and O–H groups in total. The van der Waals surface area contributed by atoms with Crippen molar-refractivity contribution in [1.29, 1.82) is 0 Å². The Morgan fingerprint density at radius 1 is 1.50 bits per heavy atom. The molecule has 18 heavy (non-hydrogen) atoms. The summed E-state index contributed by atoms with van der Waals surface area (Å²) >= 11 is 0. The van der Waals surface area contributed by atoms with Gasteiger partial charge in [0.2, 0.25) is 0 Å². The minimum atomic E-state index is -1.45. The molecule has 1 saturated heterocycles. The molecule has 1 aliphatic rings. The van der Waals surface area contributed by atoms with Crippen LogP contribution in [0.1, 0.15) is 19.8 Å². The number of piperidine rings is 1. The molecular formula is C11H20N2O5. The average Bonchev–Trinajstić information content (AvgIpc) is 2.32. The minimum Gasteiger partial charge on any atom is -0.479 e. The quantitative estimate of drug-likeness (QED) is 0.531. The van der Waals surface area contributed by atoms with E-state index in [0.29, 0.717) is 19.5 Å². The van der Waals surface area contributed by atoms with Gasteiger partial charge >= 0.3 is 12.0 Å². The first kappa shape index (κ1) is 14.7. The number of amides is 2. The van der Waals surface area contributed by atoms with Gasteiger partial charge in [-0.3, -0.25) is 0 Å². The van der Waals surface area contributed by atoms with Gasteiger partial charge in [0.05, 0.1) is 6.10 Å². The third-order valence-electron chi connectivity index (χ3n) is 3.13. The number of aliphatic carboxylic acids is 1. The third-order valence-corrected chi connectivity index (χ3v) is 3.13. The Morgan fingerprint density at radius 2 is 2.17 bits per heavy atom. The zero-order valence-corrected chi connectivity index (χ0v) is 10.4. The number of aliphatic hydroxyl groups is 2. The first-order valence-corrected chi connectivity index (χ1v) is 6.03. The number of carbonyl (C=O) groups is 2. The second kappa shape index (κ2) is 6.55. The molecule has 1 rings (SSSR count). The van der Waals surface area contributed by atoms with Crippen molar-refractivity contribution in [2.75, 3.05) is 19.6 Å². The minimum absolute atomic E-state index is 0.0207. The number of hydrogen-bond acceptors (Lipinski definition) is 4. The predicted molar refractivity (Wildman–Crippen MR) is 63.0 cm³/mol. The van der Waals surface area contributed by atoms with E-state index in [1.165, 1.54) is 0 Å². The zero-order chi connectivity index (χ0) is 13.7. The molecule has 2 amide bonds. The average molecular weight is 260 g/mol. The van der Waals surface area contributed by atoms with Crippen molar-refractivity contribution in [3.63, 3.8) is 0 Å². The summed E-state index contributed by atoms with van der Waals surface area (Å²) < 4.78 is 0. The summed E-state index contributed by atoms with van der Waals surface area (Å²) in [5, 5.41) is 29.6. The van der Waals surface area contributed by atoms with Gasteiger partial charge in [-0.1, -0.05) is 6.92 Å². The van der Waals surface area contributed by atoms with Crippen molar-refractivity contribution in [3.8, 4) is 0 Å². The molecule has 0 aromatic carbocycles. The monoisotopic (exact) mass is 260 g/mol. The van der Waals surface area contributed by atoms with Crippen molar-refractivity contribution in [3.05, 3.63) is 0 Å². The number of aliphatic hydroxyl groups excluding tert-OH is 2. The van der Waals surface area contributed by atoms with E-state index in [4.69, 9.17) is 10.2 Å². The molecule has 7 nitrogen and oxygen atoms in total. The molecule has 0 aromatic rings. The van der Waals surface area contributed by atoms with E-state index >= 15 is 0 Å². The summed E-state index contributed by atoms with van der Waals surface area (Å²) in [4.78, 5) is 23.6. The lowest BCUT2D eigenvalue weighted by atomic mass is 9.97. The highest BCUT2D eigenvalue weighted by Gasteiger charge is 2.27. The fourth-order valence-electron chi connectivity index (χ4n) is 1.87. The van der Waals surface area contributed by atoms with Crippen molar-refractivity contribution >= 4 is 12.0 Å². The van der Waals surface area contributed by atoms with Crippen LogP contribution in [0.25, 0.3) is 0 Å². The lowest BCUT2D eigenvalue weighted by Crippen LogP contribution is -2.49. The Labute approximate surface area is 105 Å². The highest BCUT2D eigenvalue weighted by atomic mass is 16.4. The van der Waals surface area contributed by atoms with Gasteiger partial charge in [0.15, 0.2) is 6.10 Å². The Morgan fingerprint density at radius 3 is 2.72 bits per heavy atom. The molecule has 7 heteroatoms. The molecule has 0 aliphatic carbocycles. The van der Waals surface area contributed by atoms with Gasteiger partial charge in [-0.15, -0.1) is 0 Å². The standard InChI is InChI=1S/C11H20N2O5/c1-7-6-13(5-3-8(7)14)11(18)12-4-2-9(15)10(16)17/h7-9,14-15H,2-6H2,1H3,(H,12,18)(H,16,17)/t7?,8?,9-/m0/s1. The highest BCUT2D eigenvalue weighted by molar-refractivity contribution is 5.74. The van der Waals surface area contributed by atoms with Gasteiger partial charge < -0.3 is 25.5 Å². The summed E-state index contributed by atoms with van der Waals surface area (Å²) in [6.07, 6.45) is -1.30. The van der Waals surface area contributed by atoms with Gasteiger partial charge in [0, 0.05) is 26.1 Å². The second-order valence-electron chi connectivity index (χ2n) is 4.65. The van der Waals surface area contributed by atoms with E-state index in [-0.39, 0.29) is 31.0 Å². The predicted octanol–water partition coefficient (Wildman–Crippen LogP) is -0.766. The van der Waals surface area contributed by atoms with E-state index in [0.717, 1.165) is 0 Å². The van der Waals surface area contributed by atoms with Crippen LogP contribution in [-0.2, 0) is 4.79 Å². The summed E-state index contributed by atoms with van der Waals surface area (Å²) in [5.74, 6) is -1.26. The van der Waals surface area contributed by atoms with E-state index in [1.807, 2.05) is 6.92 Å². The lowest BCUT2D eigenvalue weighted by molar-refractivity contribution is -0.146. The van der Waals surface area contributed by atoms with Gasteiger partial charge in [-0.05, 0) is 12.3 Å². The first-order chi connectivity index (χ1) is 8.41. The molecule has 3 atom stereocenters. The number of rotatable bonds is 4. The maximum Gasteiger partial charge on any atom is 0.332 e. The molecule has 1 fully saturated rings. The number of carbonyl (C=O) groups excluding carboxylic acids is 1. The van der Waals surface area contributed by atoms with Gasteiger partial charge in [-0.2, -0.15) is 0 Å². The van der Waals surface area contributed by atoms with Crippen LogP contribution < -0.4 is 5.32 Å². The molecule has 1 heterocycles. The Hall–Kier alpha value is -1.34. The molecule has 2 unspecified atom stereocenters. The molecule has 0 bridgehead atoms. The fourth-order valence-corrected chi connectivity index (χ4v) is 1.87. The molecule has 0 saturated carbocycles. The molecule has 0 spiro atoms. The Bertz CT molecular complexity index is 310. The first-order valence-electron chi connectivity index (χ1n) is 6.03. The zero-order valence-electron chi connectivity index (χ0n) is 10.4. The Kier molecular flexibility index (Phi) is 5.36. The molecular weight excluding hydrogens is 240 g/mol. The van der Waals surface area contributed by atoms with Crippen LogP contribution in [0.2, 0.25) is 0 Å². The highest BCUT2D eigenvalue weighted by Crippen LogP contribution is 2.16. The van der Waals surface area contributed by atoms with Gasteiger partial charge in [0.1, 0.15) is 0 Å². The van der Waals surface area contributed by atoms with E-state index in [2.05, 4.69) is 5.32 Å². The second-order valence-corrected chi connectivity index (χ2v) is 4.65. The van der Waals surface area contributed by atoms with Crippen molar-refractivity contribution < 1.29 is 24.9 Å². The van der Waals surface area contributed by atoms with Crippen LogP contribution in [-0.4, -0.2) is 64.1 Å². The van der Waals surface area contributed by atoms with Crippen LogP contribution in [0, 0.1) is 5.92 Å². The summed E-state index contributed by atoms with van der Waals surface area (Å²) in [6, 6.07) is -0.286. The molecule has 0 radical (unpaired) electrons. The molecule has 1 aliphatic heterocycles. The topological polar surface area (TPSA) is 110 Å². The number of nitrogens with zero attached hydrogens (tertiary/aromatic N) is 1. The van der Waals surface area contributed by atoms with Crippen LogP contribution in [0.15, 0.2) is 0 Å². The summed E-state index contributed by atoms with van der Waals surface area (Å²) in [5.41, 5.74) is 0. The van der Waals surface area contributed by atoms with Crippen molar-refractivity contribution in [2.24, 2.45) is 5.92 Å². The third kappa shape index (κ3) is 4.15. The van der Waals surface area contributed by atoms with Crippen molar-refractivity contribution in [1.82, 2.24) is 10.2 Å². The molecule has 104 valence electrons. The van der Waals surface area contributed by atoms with Gasteiger partial charge in [0.25, 0.3) is 0 Å². The number of carboxylic acids is 1. The van der Waals surface area contributed by atoms with Crippen LogP contribution in [0.3, 0.4) is 0 Å². The number of likely N-dealkylation sites (tertiary alicyclic amines) is 1. The maximum atomic E-state index is 11.7. The normalized spacial score (nSPS) is 25.6. The Balaban J connectivity index is 2.27. The number of carboxylic acid groups (broad SMARTS) is 1. The number of urea groups is 1. The summed E-state index contributed by atoms with van der Waals surface area (Å²) in [7, 11) is 0. The van der Waals surface area contributed by atoms with Crippen molar-refractivity contribution in [2.45, 2.75) is 32.0 Å². The summed E-state index contributed by atoms with van der Waals surface area (Å²) in [6.45, 7) is 2.95. The van der Waals surface area contributed by atoms with Crippen LogP contribution >= 0.6 is 0 Å². The smallest absolute Gasteiger partial charge is 0.332 e. The maximum absolute atomic E-state index is 11.7. The van der Waals surface area contributed by atoms with E-state index < -0.39 is 12.1 Å². The van der Waals surface area contributed by atoms with Crippen LogP contribution in [0.4, 0.5) is 4.79 Å². The van der Waals surface area contributed by atoms with Gasteiger partial charge in [-0.25, -0.2) is 9.59 Å². The number of nitrogens with one attached hydrogen (secondary N) is 1. The molecule has 0 aromatic heterocycles. The van der Waals surface area contributed by atoms with E-state index in [9.17, 15) is 14.7 Å². The van der Waals surface area contributed by atoms with Crippen LogP contribution in [0.5, 0.6) is 0 Å². The SMILES string of the molecule is CC1CN(C(=O)NCC[C@H](O)C(=O)O)CCC1O. The number of hydrogen-bond donors (Lipinski definition) is 4. The lowest BCUT2D eigenvalue weighted by Gasteiger charge is -2.34. The largest absolute Gasteiger partial charge is 0.479 e. The fraction of sp³-hybridized carbons (Fsp3) is 0.818.